The standard InChI is InChI=1S/C21H20O12/c1-19(2)30-15(24)11(16(25)31-19)4-3-5-12-17(26)32-21(33-18(12)27)8-6-20(7-9-21)28-13(22)10-14(23)29-20/h3-5,26H,6-10H2,1-2H3. The molecule has 3 heterocycles. The van der Waals surface area contributed by atoms with Crippen LogP contribution >= 0.6 is 0 Å². The number of rotatable bonds is 2. The maximum Gasteiger partial charge on any atom is 0.348 e. The molecule has 1 saturated carbocycles. The van der Waals surface area contributed by atoms with Crippen LogP contribution in [0.15, 0.2) is 35.3 Å². The van der Waals surface area contributed by atoms with Crippen molar-refractivity contribution in [3.63, 3.8) is 0 Å². The lowest BCUT2D eigenvalue weighted by Crippen LogP contribution is -2.54. The summed E-state index contributed by atoms with van der Waals surface area (Å²) < 4.78 is 31.1. The molecule has 0 amide bonds. The van der Waals surface area contributed by atoms with Gasteiger partial charge in [0.2, 0.25) is 0 Å². The molecule has 12 heteroatoms. The normalized spacial score (nSPS) is 25.8. The molecule has 1 N–H and O–H groups in total. The summed E-state index contributed by atoms with van der Waals surface area (Å²) in [6.07, 6.45) is 2.81. The van der Waals surface area contributed by atoms with Crippen LogP contribution in [0.3, 0.4) is 0 Å². The summed E-state index contributed by atoms with van der Waals surface area (Å²) in [7, 11) is 0. The van der Waals surface area contributed by atoms with Crippen molar-refractivity contribution in [1.82, 2.24) is 0 Å². The van der Waals surface area contributed by atoms with Gasteiger partial charge in [0.05, 0.1) is 0 Å². The van der Waals surface area contributed by atoms with Gasteiger partial charge in [-0.05, 0) is 12.2 Å². The Labute approximate surface area is 186 Å². The molecular formula is C21H20O12. The molecule has 3 aliphatic heterocycles. The van der Waals surface area contributed by atoms with Gasteiger partial charge in [0, 0.05) is 39.5 Å². The molecule has 12 nitrogen and oxygen atoms in total. The molecule has 176 valence electrons. The molecule has 2 saturated heterocycles. The third kappa shape index (κ3) is 4.41. The Balaban J connectivity index is 1.45. The topological polar surface area (TPSA) is 161 Å². The van der Waals surface area contributed by atoms with Crippen LogP contribution in [0.25, 0.3) is 0 Å². The summed E-state index contributed by atoms with van der Waals surface area (Å²) in [5.74, 6) is -9.23. The van der Waals surface area contributed by atoms with E-state index < -0.39 is 65.1 Å². The van der Waals surface area contributed by atoms with Crippen molar-refractivity contribution >= 4 is 29.8 Å². The molecule has 0 bridgehead atoms. The van der Waals surface area contributed by atoms with Crippen LogP contribution in [0.2, 0.25) is 0 Å². The highest BCUT2D eigenvalue weighted by Crippen LogP contribution is 2.45. The van der Waals surface area contributed by atoms with Gasteiger partial charge in [-0.2, -0.15) is 0 Å². The second-order valence-corrected chi connectivity index (χ2v) is 8.28. The molecule has 0 aromatic rings. The molecule has 1 aliphatic carbocycles. The smallest absolute Gasteiger partial charge is 0.348 e. The highest BCUT2D eigenvalue weighted by molar-refractivity contribution is 6.15. The van der Waals surface area contributed by atoms with Gasteiger partial charge in [0.25, 0.3) is 23.3 Å². The predicted octanol–water partition coefficient (Wildman–Crippen LogP) is 1.10. The predicted molar refractivity (Wildman–Crippen MR) is 101 cm³/mol. The fourth-order valence-corrected chi connectivity index (χ4v) is 3.79. The van der Waals surface area contributed by atoms with E-state index in [1.807, 2.05) is 0 Å². The molecule has 4 aliphatic rings. The lowest BCUT2D eigenvalue weighted by atomic mass is 9.87. The SMILES string of the molecule is CC1(C)OC(=O)C(=CC=CC2=C(O)OC3(CCC4(CC3)OC(=O)CC(=O)O4)OC2=O)C(=O)O1. The van der Waals surface area contributed by atoms with E-state index in [1.165, 1.54) is 13.8 Å². The van der Waals surface area contributed by atoms with E-state index in [9.17, 15) is 29.1 Å². The first-order valence-electron chi connectivity index (χ1n) is 10.1. The summed E-state index contributed by atoms with van der Waals surface area (Å²) >= 11 is 0. The first-order chi connectivity index (χ1) is 15.4. The number of allylic oxidation sites excluding steroid dienone is 2. The van der Waals surface area contributed by atoms with Crippen LogP contribution in [0.1, 0.15) is 46.0 Å². The fourth-order valence-electron chi connectivity index (χ4n) is 3.79. The number of aliphatic hydroxyl groups is 1. The lowest BCUT2D eigenvalue weighted by Gasteiger charge is -2.45. The number of carbonyl (C=O) groups excluding carboxylic acids is 5. The Morgan fingerprint density at radius 3 is 1.76 bits per heavy atom. The van der Waals surface area contributed by atoms with E-state index in [1.54, 1.807) is 0 Å². The van der Waals surface area contributed by atoms with Gasteiger partial charge in [-0.1, -0.05) is 6.08 Å². The van der Waals surface area contributed by atoms with Crippen molar-refractivity contribution in [3.8, 4) is 0 Å². The molecule has 33 heavy (non-hydrogen) atoms. The zero-order chi connectivity index (χ0) is 24.0. The molecular weight excluding hydrogens is 444 g/mol. The van der Waals surface area contributed by atoms with Crippen LogP contribution < -0.4 is 0 Å². The summed E-state index contributed by atoms with van der Waals surface area (Å²) in [5, 5.41) is 10.3. The molecule has 0 atom stereocenters. The highest BCUT2D eigenvalue weighted by Gasteiger charge is 2.55. The van der Waals surface area contributed by atoms with E-state index >= 15 is 0 Å². The van der Waals surface area contributed by atoms with Crippen LogP contribution in [-0.2, 0) is 52.4 Å². The zero-order valence-electron chi connectivity index (χ0n) is 17.7. The van der Waals surface area contributed by atoms with Crippen molar-refractivity contribution in [2.24, 2.45) is 0 Å². The minimum absolute atomic E-state index is 0.00286. The minimum atomic E-state index is -1.53. The third-order valence-corrected chi connectivity index (χ3v) is 5.32. The fraction of sp³-hybridized carbons (Fsp3) is 0.476. The van der Waals surface area contributed by atoms with E-state index in [4.69, 9.17) is 28.4 Å². The molecule has 0 aromatic carbocycles. The molecule has 3 fully saturated rings. The second kappa shape index (κ2) is 7.64. The van der Waals surface area contributed by atoms with Gasteiger partial charge in [-0.15, -0.1) is 0 Å². The number of carbonyl (C=O) groups is 5. The zero-order valence-corrected chi connectivity index (χ0v) is 17.7. The van der Waals surface area contributed by atoms with Crippen LogP contribution in [0.4, 0.5) is 0 Å². The summed E-state index contributed by atoms with van der Waals surface area (Å²) in [6, 6.07) is 0. The van der Waals surface area contributed by atoms with Crippen LogP contribution in [0.5, 0.6) is 0 Å². The van der Waals surface area contributed by atoms with E-state index in [2.05, 4.69) is 0 Å². The number of hydrogen-bond donors (Lipinski definition) is 1. The number of cyclic esters (lactones) is 2. The van der Waals surface area contributed by atoms with Crippen LogP contribution in [0, 0.1) is 0 Å². The van der Waals surface area contributed by atoms with Crippen molar-refractivity contribution < 1.29 is 57.5 Å². The summed E-state index contributed by atoms with van der Waals surface area (Å²) in [6.45, 7) is 2.80. The summed E-state index contributed by atoms with van der Waals surface area (Å²) in [5.41, 5.74) is -0.757. The average molecular weight is 464 g/mol. The Hall–Kier alpha value is -3.83. The van der Waals surface area contributed by atoms with Crippen molar-refractivity contribution in [1.29, 1.82) is 0 Å². The van der Waals surface area contributed by atoms with Crippen LogP contribution in [-0.4, -0.2) is 52.3 Å². The van der Waals surface area contributed by atoms with Crippen molar-refractivity contribution in [2.45, 2.75) is 63.3 Å². The number of esters is 5. The molecule has 2 spiro atoms. The average Bonchev–Trinajstić information content (AvgIpc) is 2.67. The summed E-state index contributed by atoms with van der Waals surface area (Å²) in [4.78, 5) is 59.6. The number of aliphatic hydroxyl groups excluding tert-OH is 1. The van der Waals surface area contributed by atoms with Gasteiger partial charge in [0.1, 0.15) is 17.6 Å². The van der Waals surface area contributed by atoms with Gasteiger partial charge in [0.15, 0.2) is 0 Å². The third-order valence-electron chi connectivity index (χ3n) is 5.32. The lowest BCUT2D eigenvalue weighted by molar-refractivity contribution is -0.300. The van der Waals surface area contributed by atoms with Gasteiger partial charge >= 0.3 is 29.8 Å². The quantitative estimate of drug-likeness (QED) is 0.204. The maximum absolute atomic E-state index is 12.5. The monoisotopic (exact) mass is 464 g/mol. The largest absolute Gasteiger partial charge is 0.480 e. The molecule has 4 rings (SSSR count). The van der Waals surface area contributed by atoms with Crippen molar-refractivity contribution in [3.05, 3.63) is 35.3 Å². The molecule has 0 aromatic heterocycles. The Morgan fingerprint density at radius 1 is 0.727 bits per heavy atom. The molecule has 0 unspecified atom stereocenters. The van der Waals surface area contributed by atoms with E-state index in [0.29, 0.717) is 0 Å². The Bertz CT molecular complexity index is 995. The Kier molecular flexibility index (Phi) is 5.18. The maximum atomic E-state index is 12.5. The van der Waals surface area contributed by atoms with Gasteiger partial charge in [-0.3, -0.25) is 9.59 Å². The van der Waals surface area contributed by atoms with Crippen molar-refractivity contribution in [2.75, 3.05) is 0 Å². The first-order valence-corrected chi connectivity index (χ1v) is 10.1. The first kappa shape index (κ1) is 22.4. The second-order valence-electron chi connectivity index (χ2n) is 8.28. The van der Waals surface area contributed by atoms with Gasteiger partial charge in [-0.25, -0.2) is 14.4 Å². The van der Waals surface area contributed by atoms with E-state index in [-0.39, 0.29) is 31.3 Å². The number of hydrogen-bond acceptors (Lipinski definition) is 12. The minimum Gasteiger partial charge on any atom is -0.480 e. The van der Waals surface area contributed by atoms with E-state index in [0.717, 1.165) is 18.2 Å². The van der Waals surface area contributed by atoms with Gasteiger partial charge < -0.3 is 33.5 Å². The Morgan fingerprint density at radius 2 is 1.24 bits per heavy atom. The highest BCUT2D eigenvalue weighted by atomic mass is 16.8. The number of ether oxygens (including phenoxy) is 6. The molecule has 0 radical (unpaired) electrons.